The molecule has 1 atom stereocenters. The van der Waals surface area contributed by atoms with E-state index < -0.39 is 0 Å². The lowest BCUT2D eigenvalue weighted by atomic mass is 10.1. The number of ether oxygens (including phenoxy) is 1. The number of nitrogens with zero attached hydrogens (tertiary/aromatic N) is 2. The molecule has 0 spiro atoms. The first-order chi connectivity index (χ1) is 13.5. The Bertz CT molecular complexity index is 868. The monoisotopic (exact) mass is 384 g/mol. The van der Waals surface area contributed by atoms with Gasteiger partial charge in [0.25, 0.3) is 5.91 Å². The van der Waals surface area contributed by atoms with E-state index in [1.165, 1.54) is 13.0 Å². The second-order valence-electron chi connectivity index (χ2n) is 6.78. The molecule has 2 aromatic rings. The zero-order valence-corrected chi connectivity index (χ0v) is 15.8. The van der Waals surface area contributed by atoms with Gasteiger partial charge in [-0.3, -0.25) is 14.6 Å². The smallest absolute Gasteiger partial charge is 0.256 e. The second-order valence-corrected chi connectivity index (χ2v) is 6.78. The zero-order chi connectivity index (χ0) is 20.1. The van der Waals surface area contributed by atoms with Crippen LogP contribution in [0, 0.1) is 0 Å². The van der Waals surface area contributed by atoms with Gasteiger partial charge >= 0.3 is 0 Å². The number of carbonyl (C=O) groups excluding carboxylic acids is 2. The summed E-state index contributed by atoms with van der Waals surface area (Å²) >= 11 is 0. The molecule has 1 aliphatic rings. The summed E-state index contributed by atoms with van der Waals surface area (Å²) in [7, 11) is 0. The highest BCUT2D eigenvalue weighted by Crippen LogP contribution is 2.29. The molecule has 1 amide bonds. The van der Waals surface area contributed by atoms with E-state index in [-0.39, 0.29) is 42.3 Å². The van der Waals surface area contributed by atoms with E-state index >= 15 is 0 Å². The summed E-state index contributed by atoms with van der Waals surface area (Å²) in [5.74, 6) is -0.218. The Hall–Kier alpha value is -2.93. The van der Waals surface area contributed by atoms with Crippen LogP contribution in [0.25, 0.3) is 0 Å². The van der Waals surface area contributed by atoms with Crippen molar-refractivity contribution in [2.24, 2.45) is 0 Å². The van der Waals surface area contributed by atoms with Crippen LogP contribution in [0.5, 0.6) is 11.5 Å². The van der Waals surface area contributed by atoms with E-state index in [0.717, 1.165) is 12.8 Å². The van der Waals surface area contributed by atoms with Gasteiger partial charge in [0.15, 0.2) is 5.78 Å². The first-order valence-corrected chi connectivity index (χ1v) is 9.34. The van der Waals surface area contributed by atoms with Gasteiger partial charge < -0.3 is 19.8 Å². The molecule has 7 nitrogen and oxygen atoms in total. The summed E-state index contributed by atoms with van der Waals surface area (Å²) in [6, 6.07) is 7.99. The molecule has 0 radical (unpaired) electrons. The van der Waals surface area contributed by atoms with Crippen molar-refractivity contribution in [3.63, 3.8) is 0 Å². The predicted octanol–water partition coefficient (Wildman–Crippen LogP) is 2.21. The Kier molecular flexibility index (Phi) is 6.26. The van der Waals surface area contributed by atoms with Crippen LogP contribution < -0.4 is 4.74 Å². The molecule has 1 aliphatic heterocycles. The molecule has 1 fully saturated rings. The number of hydrogen-bond acceptors (Lipinski definition) is 6. The van der Waals surface area contributed by atoms with Gasteiger partial charge in [0.1, 0.15) is 23.7 Å². The number of likely N-dealkylation sites (tertiary alicyclic amines) is 1. The van der Waals surface area contributed by atoms with Gasteiger partial charge in [-0.2, -0.15) is 0 Å². The first-order valence-electron chi connectivity index (χ1n) is 9.34. The lowest BCUT2D eigenvalue weighted by molar-refractivity contribution is 0.0687. The molecule has 0 saturated carbocycles. The van der Waals surface area contributed by atoms with Crippen LogP contribution in [-0.2, 0) is 6.42 Å². The topological polar surface area (TPSA) is 100.0 Å². The Morgan fingerprint density at radius 1 is 1.29 bits per heavy atom. The lowest BCUT2D eigenvalue weighted by Crippen LogP contribution is -2.39. The summed E-state index contributed by atoms with van der Waals surface area (Å²) < 4.78 is 5.83. The van der Waals surface area contributed by atoms with Crippen LogP contribution in [0.15, 0.2) is 36.5 Å². The molecular formula is C21H24N2O5. The molecule has 3 rings (SSSR count). The van der Waals surface area contributed by atoms with E-state index in [1.807, 2.05) is 0 Å². The normalized spacial score (nSPS) is 16.2. The molecule has 2 heterocycles. The number of amides is 1. The van der Waals surface area contributed by atoms with Gasteiger partial charge in [-0.1, -0.05) is 6.07 Å². The van der Waals surface area contributed by atoms with Crippen molar-refractivity contribution in [3.05, 3.63) is 53.3 Å². The van der Waals surface area contributed by atoms with Crippen molar-refractivity contribution in [3.8, 4) is 11.5 Å². The third-order valence-corrected chi connectivity index (χ3v) is 4.89. The maximum absolute atomic E-state index is 13.0. The van der Waals surface area contributed by atoms with Gasteiger partial charge in [0.05, 0.1) is 17.3 Å². The Morgan fingerprint density at radius 2 is 2.11 bits per heavy atom. The average molecular weight is 384 g/mol. The molecule has 1 saturated heterocycles. The van der Waals surface area contributed by atoms with E-state index in [1.54, 1.807) is 35.4 Å². The number of rotatable bonds is 7. The average Bonchev–Trinajstić information content (AvgIpc) is 3.15. The highest BCUT2D eigenvalue weighted by Gasteiger charge is 2.31. The molecule has 1 aromatic heterocycles. The lowest BCUT2D eigenvalue weighted by Gasteiger charge is -2.26. The van der Waals surface area contributed by atoms with Gasteiger partial charge in [-0.25, -0.2) is 0 Å². The molecular weight excluding hydrogens is 360 g/mol. The number of aliphatic hydroxyl groups is 1. The molecule has 2 N–H and O–H groups in total. The van der Waals surface area contributed by atoms with E-state index in [4.69, 9.17) is 4.74 Å². The highest BCUT2D eigenvalue weighted by molar-refractivity contribution is 5.99. The van der Waals surface area contributed by atoms with Crippen LogP contribution >= 0.6 is 0 Å². The van der Waals surface area contributed by atoms with Crippen molar-refractivity contribution in [1.29, 1.82) is 0 Å². The number of ketones is 1. The van der Waals surface area contributed by atoms with Gasteiger partial charge in [0, 0.05) is 25.8 Å². The van der Waals surface area contributed by atoms with Gasteiger partial charge in [0.2, 0.25) is 0 Å². The standard InChI is InChI=1S/C21H24N2O5/c1-14(25)20-18(26)7-2-8-19(20)28-13-15-5-4-11-23(15)21(27)16-6-3-10-22-17(16)9-12-24/h2-3,6-8,10,15,24,26H,4-5,9,11-13H2,1H3/t15-/m0/s1. The number of benzene rings is 1. The van der Waals surface area contributed by atoms with Crippen molar-refractivity contribution in [2.75, 3.05) is 19.8 Å². The highest BCUT2D eigenvalue weighted by atomic mass is 16.5. The number of phenols is 1. The molecule has 0 bridgehead atoms. The van der Waals surface area contributed by atoms with Crippen molar-refractivity contribution >= 4 is 11.7 Å². The van der Waals surface area contributed by atoms with Crippen LogP contribution in [0.3, 0.4) is 0 Å². The summed E-state index contributed by atoms with van der Waals surface area (Å²) in [5, 5.41) is 19.1. The summed E-state index contributed by atoms with van der Waals surface area (Å²) in [6.45, 7) is 2.14. The van der Waals surface area contributed by atoms with E-state index in [2.05, 4.69) is 4.98 Å². The number of phenolic OH excluding ortho intramolecular Hbond substituents is 1. The Balaban J connectivity index is 1.75. The third-order valence-electron chi connectivity index (χ3n) is 4.89. The molecule has 148 valence electrons. The third kappa shape index (κ3) is 4.14. The van der Waals surface area contributed by atoms with Crippen molar-refractivity contribution in [2.45, 2.75) is 32.2 Å². The number of hydrogen-bond donors (Lipinski definition) is 2. The summed E-state index contributed by atoms with van der Waals surface area (Å²) in [6.07, 6.45) is 3.57. The Morgan fingerprint density at radius 3 is 2.86 bits per heavy atom. The molecule has 0 aliphatic carbocycles. The summed E-state index contributed by atoms with van der Waals surface area (Å²) in [4.78, 5) is 30.8. The van der Waals surface area contributed by atoms with Crippen LogP contribution in [-0.4, -0.2) is 57.6 Å². The van der Waals surface area contributed by atoms with E-state index in [0.29, 0.717) is 30.0 Å². The molecule has 28 heavy (non-hydrogen) atoms. The minimum atomic E-state index is -0.281. The fourth-order valence-corrected chi connectivity index (χ4v) is 3.55. The quantitative estimate of drug-likeness (QED) is 0.710. The second kappa shape index (κ2) is 8.84. The van der Waals surface area contributed by atoms with Crippen LogP contribution in [0.2, 0.25) is 0 Å². The summed E-state index contributed by atoms with van der Waals surface area (Å²) in [5.41, 5.74) is 1.22. The van der Waals surface area contributed by atoms with Crippen LogP contribution in [0.1, 0.15) is 46.2 Å². The van der Waals surface area contributed by atoms with Crippen molar-refractivity contribution < 1.29 is 24.5 Å². The maximum atomic E-state index is 13.0. The van der Waals surface area contributed by atoms with Crippen LogP contribution in [0.4, 0.5) is 0 Å². The minimum absolute atomic E-state index is 0.0742. The number of carbonyl (C=O) groups is 2. The fourth-order valence-electron chi connectivity index (χ4n) is 3.55. The Labute approximate surface area is 163 Å². The number of Topliss-reactive ketones (excluding diaryl/α,β-unsaturated/α-hetero) is 1. The number of aromatic nitrogens is 1. The number of aliphatic hydroxyl groups excluding tert-OH is 1. The first kappa shape index (κ1) is 19.8. The number of aromatic hydroxyl groups is 1. The largest absolute Gasteiger partial charge is 0.507 e. The predicted molar refractivity (Wildman–Crippen MR) is 103 cm³/mol. The molecule has 7 heteroatoms. The zero-order valence-electron chi connectivity index (χ0n) is 15.8. The number of pyridine rings is 1. The minimum Gasteiger partial charge on any atom is -0.507 e. The molecule has 1 aromatic carbocycles. The van der Waals surface area contributed by atoms with Gasteiger partial charge in [-0.15, -0.1) is 0 Å². The maximum Gasteiger partial charge on any atom is 0.256 e. The molecule has 0 unspecified atom stereocenters. The SMILES string of the molecule is CC(=O)c1c(O)cccc1OC[C@@H]1CCCN1C(=O)c1cccnc1CCO. The van der Waals surface area contributed by atoms with E-state index in [9.17, 15) is 19.8 Å². The van der Waals surface area contributed by atoms with Gasteiger partial charge in [-0.05, 0) is 44.0 Å². The fraction of sp³-hybridized carbons (Fsp3) is 0.381. The van der Waals surface area contributed by atoms with Crippen molar-refractivity contribution in [1.82, 2.24) is 9.88 Å².